The lowest BCUT2D eigenvalue weighted by atomic mass is 10.1. The largest absolute Gasteiger partial charge is 0.465 e. The maximum Gasteiger partial charge on any atom is 0.341 e. The average Bonchev–Trinajstić information content (AvgIpc) is 2.97. The summed E-state index contributed by atoms with van der Waals surface area (Å²) < 4.78 is 38.7. The van der Waals surface area contributed by atoms with Crippen molar-refractivity contribution in [1.82, 2.24) is 19.7 Å². The summed E-state index contributed by atoms with van der Waals surface area (Å²) in [7, 11) is 1.30. The Bertz CT molecular complexity index is 786. The molecule has 0 unspecified atom stereocenters. The lowest BCUT2D eigenvalue weighted by Gasteiger charge is -2.13. The van der Waals surface area contributed by atoms with Crippen molar-refractivity contribution >= 4 is 5.97 Å². The fraction of sp³-hybridized carbons (Fsp3) is 0.500. The van der Waals surface area contributed by atoms with Crippen LogP contribution in [0.3, 0.4) is 0 Å². The predicted molar refractivity (Wildman–Crippen MR) is 82.4 cm³/mol. The Morgan fingerprint density at radius 3 is 2.92 bits per heavy atom. The van der Waals surface area contributed by atoms with Gasteiger partial charge in [0.05, 0.1) is 12.8 Å². The highest BCUT2D eigenvalue weighted by Crippen LogP contribution is 2.26. The zero-order valence-electron chi connectivity index (χ0n) is 14.0. The number of carbonyl (C=O) groups is 1. The second-order valence-electron chi connectivity index (χ2n) is 5.84. The number of fused-ring (bicyclic) bond motifs is 1. The molecule has 0 N–H and O–H groups in total. The number of alkyl halides is 2. The van der Waals surface area contributed by atoms with E-state index in [-0.39, 0.29) is 12.6 Å². The number of aryl methyl sites for hydroxylation is 1. The van der Waals surface area contributed by atoms with Gasteiger partial charge in [0, 0.05) is 19.7 Å². The summed E-state index contributed by atoms with van der Waals surface area (Å²) in [5.41, 5.74) is 1.14. The number of ether oxygens (including phenoxy) is 2. The van der Waals surface area contributed by atoms with Crippen molar-refractivity contribution in [2.24, 2.45) is 0 Å². The predicted octanol–water partition coefficient (Wildman–Crippen LogP) is 2.49. The number of hydrogen-bond acceptors (Lipinski definition) is 6. The number of halogens is 2. The Hall–Kier alpha value is -2.58. The summed E-state index contributed by atoms with van der Waals surface area (Å²) in [6, 6.07) is 0.933. The SMILES string of the molecule is COC(=O)c1c(COc2nccc(C(C)(F)F)n2)nn2c1CCCC2. The average molecular weight is 352 g/mol. The molecule has 1 aliphatic heterocycles. The fourth-order valence-electron chi connectivity index (χ4n) is 2.77. The number of carbonyl (C=O) groups excluding carboxylic acids is 1. The molecule has 0 radical (unpaired) electrons. The monoisotopic (exact) mass is 352 g/mol. The molecule has 0 bridgehead atoms. The van der Waals surface area contributed by atoms with Crippen molar-refractivity contribution < 1.29 is 23.0 Å². The molecule has 0 atom stereocenters. The Kier molecular flexibility index (Phi) is 4.65. The Labute approximate surface area is 143 Å². The zero-order valence-corrected chi connectivity index (χ0v) is 14.0. The van der Waals surface area contributed by atoms with Gasteiger partial charge in [-0.2, -0.15) is 18.9 Å². The molecule has 2 aromatic rings. The molecule has 9 heteroatoms. The summed E-state index contributed by atoms with van der Waals surface area (Å²) in [5, 5.41) is 4.39. The smallest absolute Gasteiger partial charge is 0.341 e. The highest BCUT2D eigenvalue weighted by molar-refractivity contribution is 5.92. The molecular formula is C16H18F2N4O3. The van der Waals surface area contributed by atoms with E-state index in [4.69, 9.17) is 9.47 Å². The quantitative estimate of drug-likeness (QED) is 0.769. The molecule has 7 nitrogen and oxygen atoms in total. The number of nitrogens with zero attached hydrogens (tertiary/aromatic N) is 4. The van der Waals surface area contributed by atoms with Crippen molar-refractivity contribution in [1.29, 1.82) is 0 Å². The van der Waals surface area contributed by atoms with Crippen LogP contribution in [-0.4, -0.2) is 32.8 Å². The maximum absolute atomic E-state index is 13.3. The molecule has 0 aromatic carbocycles. The lowest BCUT2D eigenvalue weighted by molar-refractivity contribution is 0.0118. The minimum Gasteiger partial charge on any atom is -0.465 e. The topological polar surface area (TPSA) is 79.1 Å². The first kappa shape index (κ1) is 17.2. The van der Waals surface area contributed by atoms with Crippen molar-refractivity contribution in [3.8, 4) is 6.01 Å². The molecule has 134 valence electrons. The number of rotatable bonds is 5. The van der Waals surface area contributed by atoms with E-state index in [1.807, 2.05) is 0 Å². The first-order chi connectivity index (χ1) is 11.9. The Balaban J connectivity index is 1.84. The maximum atomic E-state index is 13.3. The number of esters is 1. The fourth-order valence-corrected chi connectivity index (χ4v) is 2.77. The summed E-state index contributed by atoms with van der Waals surface area (Å²) in [5.74, 6) is -3.58. The number of methoxy groups -OCH3 is 1. The first-order valence-corrected chi connectivity index (χ1v) is 7.91. The van der Waals surface area contributed by atoms with Gasteiger partial charge in [-0.3, -0.25) is 4.68 Å². The van der Waals surface area contributed by atoms with E-state index in [9.17, 15) is 13.6 Å². The standard InChI is InChI=1S/C16H18F2N4O3/c1-16(17,18)12-6-7-19-15(20-12)25-9-10-13(14(23)24-2)11-5-3-4-8-22(11)21-10/h6-7H,3-5,8-9H2,1-2H3. The van der Waals surface area contributed by atoms with Gasteiger partial charge in [0.15, 0.2) is 0 Å². The highest BCUT2D eigenvalue weighted by Gasteiger charge is 2.28. The van der Waals surface area contributed by atoms with E-state index < -0.39 is 17.6 Å². The Morgan fingerprint density at radius 1 is 1.40 bits per heavy atom. The van der Waals surface area contributed by atoms with Crippen molar-refractivity contribution in [2.75, 3.05) is 7.11 Å². The van der Waals surface area contributed by atoms with Crippen LogP contribution in [0, 0.1) is 0 Å². The van der Waals surface area contributed by atoms with Crippen molar-refractivity contribution in [2.45, 2.75) is 45.3 Å². The molecule has 3 rings (SSSR count). The molecule has 2 aromatic heterocycles. The van der Waals surface area contributed by atoms with Gasteiger partial charge >= 0.3 is 12.0 Å². The van der Waals surface area contributed by atoms with Gasteiger partial charge in [-0.05, 0) is 25.3 Å². The molecule has 0 saturated carbocycles. The molecule has 0 fully saturated rings. The van der Waals surface area contributed by atoms with Gasteiger partial charge in [-0.1, -0.05) is 0 Å². The molecule has 0 saturated heterocycles. The summed E-state index contributed by atoms with van der Waals surface area (Å²) in [4.78, 5) is 19.6. The van der Waals surface area contributed by atoms with Gasteiger partial charge in [-0.15, -0.1) is 0 Å². The van der Waals surface area contributed by atoms with Crippen LogP contribution in [0.4, 0.5) is 8.78 Å². The van der Waals surface area contributed by atoms with Gasteiger partial charge in [-0.25, -0.2) is 9.78 Å². The number of aromatic nitrogens is 4. The third kappa shape index (κ3) is 3.59. The van der Waals surface area contributed by atoms with Gasteiger partial charge in [0.25, 0.3) is 5.92 Å². The third-order valence-electron chi connectivity index (χ3n) is 3.97. The molecule has 3 heterocycles. The second kappa shape index (κ2) is 6.73. The minimum absolute atomic E-state index is 0.108. The van der Waals surface area contributed by atoms with Crippen LogP contribution in [0.2, 0.25) is 0 Å². The summed E-state index contributed by atoms with van der Waals surface area (Å²) in [6.07, 6.45) is 3.87. The van der Waals surface area contributed by atoms with Crippen molar-refractivity contribution in [3.05, 3.63) is 34.9 Å². The van der Waals surface area contributed by atoms with Crippen LogP contribution in [0.25, 0.3) is 0 Å². The summed E-state index contributed by atoms with van der Waals surface area (Å²) >= 11 is 0. The van der Waals surface area contributed by atoms with E-state index >= 15 is 0 Å². The normalized spacial score (nSPS) is 14.1. The van der Waals surface area contributed by atoms with E-state index in [1.54, 1.807) is 4.68 Å². The van der Waals surface area contributed by atoms with E-state index in [2.05, 4.69) is 15.1 Å². The third-order valence-corrected chi connectivity index (χ3v) is 3.97. The van der Waals surface area contributed by atoms with Gasteiger partial charge in [0.1, 0.15) is 23.6 Å². The van der Waals surface area contributed by atoms with Crippen LogP contribution in [0.15, 0.2) is 12.3 Å². The van der Waals surface area contributed by atoms with E-state index in [0.29, 0.717) is 17.8 Å². The molecule has 25 heavy (non-hydrogen) atoms. The zero-order chi connectivity index (χ0) is 18.0. The van der Waals surface area contributed by atoms with Gasteiger partial charge < -0.3 is 9.47 Å². The second-order valence-corrected chi connectivity index (χ2v) is 5.84. The molecular weight excluding hydrogens is 334 g/mol. The highest BCUT2D eigenvalue weighted by atomic mass is 19.3. The number of hydrogen-bond donors (Lipinski definition) is 0. The van der Waals surface area contributed by atoms with Crippen LogP contribution in [0.1, 0.15) is 47.2 Å². The molecule has 0 spiro atoms. The van der Waals surface area contributed by atoms with Crippen LogP contribution >= 0.6 is 0 Å². The lowest BCUT2D eigenvalue weighted by Crippen LogP contribution is -2.14. The van der Waals surface area contributed by atoms with Crippen LogP contribution < -0.4 is 4.74 Å². The van der Waals surface area contributed by atoms with Gasteiger partial charge in [0.2, 0.25) is 0 Å². The molecule has 0 aliphatic carbocycles. The van der Waals surface area contributed by atoms with E-state index in [0.717, 1.165) is 37.9 Å². The minimum atomic E-state index is -3.09. The molecule has 1 aliphatic rings. The van der Waals surface area contributed by atoms with Crippen LogP contribution in [0.5, 0.6) is 6.01 Å². The van der Waals surface area contributed by atoms with E-state index in [1.165, 1.54) is 13.3 Å². The van der Waals surface area contributed by atoms with Crippen LogP contribution in [-0.2, 0) is 30.2 Å². The van der Waals surface area contributed by atoms with Crippen molar-refractivity contribution in [3.63, 3.8) is 0 Å². The first-order valence-electron chi connectivity index (χ1n) is 7.91. The Morgan fingerprint density at radius 2 is 2.20 bits per heavy atom. The summed E-state index contributed by atoms with van der Waals surface area (Å²) in [6.45, 7) is 1.36. The molecule has 0 amide bonds.